The van der Waals surface area contributed by atoms with Crippen molar-refractivity contribution in [1.82, 2.24) is 9.88 Å². The van der Waals surface area contributed by atoms with Crippen LogP contribution in [0, 0.1) is 5.82 Å². The van der Waals surface area contributed by atoms with Gasteiger partial charge in [0, 0.05) is 43.9 Å². The molecule has 1 saturated heterocycles. The molecule has 0 unspecified atom stereocenters. The van der Waals surface area contributed by atoms with Crippen molar-refractivity contribution in [3.63, 3.8) is 0 Å². The average Bonchev–Trinajstić information content (AvgIpc) is 2.62. The number of likely N-dealkylation sites (tertiary alicyclic amines) is 1. The number of carbonyl (C=O) groups is 1. The summed E-state index contributed by atoms with van der Waals surface area (Å²) in [5, 5.41) is 0. The van der Waals surface area contributed by atoms with Crippen LogP contribution in [0.25, 0.3) is 0 Å². The highest BCUT2D eigenvalue weighted by Crippen LogP contribution is 2.26. The molecule has 1 aliphatic heterocycles. The smallest absolute Gasteiger partial charge is 0.248 e. The SMILES string of the molecule is COCC(=O)N1CCC[C@@H](c2cccc(Cc3cccc(F)c3)n2)C1. The van der Waals surface area contributed by atoms with Crippen molar-refractivity contribution in [3.05, 3.63) is 65.2 Å². The predicted molar refractivity (Wildman–Crippen MR) is 93.9 cm³/mol. The predicted octanol–water partition coefficient (Wildman–Crippen LogP) is 3.16. The third-order valence-electron chi connectivity index (χ3n) is 4.56. The summed E-state index contributed by atoms with van der Waals surface area (Å²) in [5.74, 6) is 0.0402. The first-order valence-electron chi connectivity index (χ1n) is 8.62. The Bertz CT molecular complexity index is 735. The Morgan fingerprint density at radius 3 is 2.96 bits per heavy atom. The second kappa shape index (κ2) is 8.21. The second-order valence-electron chi connectivity index (χ2n) is 6.47. The van der Waals surface area contributed by atoms with Crippen LogP contribution < -0.4 is 0 Å². The molecule has 5 heteroatoms. The number of benzene rings is 1. The lowest BCUT2D eigenvalue weighted by molar-refractivity contribution is -0.136. The van der Waals surface area contributed by atoms with Crippen molar-refractivity contribution in [3.8, 4) is 0 Å². The number of hydrogen-bond donors (Lipinski definition) is 0. The maximum Gasteiger partial charge on any atom is 0.248 e. The van der Waals surface area contributed by atoms with Gasteiger partial charge in [-0.1, -0.05) is 18.2 Å². The van der Waals surface area contributed by atoms with E-state index in [0.717, 1.165) is 36.3 Å². The molecule has 132 valence electrons. The Morgan fingerprint density at radius 2 is 2.16 bits per heavy atom. The molecule has 1 aromatic carbocycles. The fraction of sp³-hybridized carbons (Fsp3) is 0.400. The number of pyridine rings is 1. The zero-order valence-electron chi connectivity index (χ0n) is 14.5. The van der Waals surface area contributed by atoms with E-state index in [-0.39, 0.29) is 24.2 Å². The maximum absolute atomic E-state index is 13.4. The molecule has 0 spiro atoms. The number of methoxy groups -OCH3 is 1. The van der Waals surface area contributed by atoms with E-state index in [1.165, 1.54) is 13.2 Å². The minimum absolute atomic E-state index is 0.0307. The molecule has 3 rings (SSSR count). The number of rotatable bonds is 5. The van der Waals surface area contributed by atoms with E-state index in [9.17, 15) is 9.18 Å². The van der Waals surface area contributed by atoms with E-state index >= 15 is 0 Å². The average molecular weight is 342 g/mol. The highest BCUT2D eigenvalue weighted by Gasteiger charge is 2.25. The molecule has 1 amide bonds. The van der Waals surface area contributed by atoms with Crippen molar-refractivity contribution in [1.29, 1.82) is 0 Å². The summed E-state index contributed by atoms with van der Waals surface area (Å²) < 4.78 is 18.3. The van der Waals surface area contributed by atoms with Gasteiger partial charge in [-0.2, -0.15) is 0 Å². The van der Waals surface area contributed by atoms with Gasteiger partial charge in [0.25, 0.3) is 0 Å². The minimum Gasteiger partial charge on any atom is -0.375 e. The lowest BCUT2D eigenvalue weighted by atomic mass is 9.94. The van der Waals surface area contributed by atoms with Gasteiger partial charge in [0.05, 0.1) is 0 Å². The Balaban J connectivity index is 1.71. The normalized spacial score (nSPS) is 17.5. The van der Waals surface area contributed by atoms with Crippen molar-refractivity contribution in [2.45, 2.75) is 25.2 Å². The van der Waals surface area contributed by atoms with Crippen LogP contribution in [-0.2, 0) is 16.0 Å². The maximum atomic E-state index is 13.4. The van der Waals surface area contributed by atoms with E-state index in [2.05, 4.69) is 0 Å². The molecule has 4 nitrogen and oxygen atoms in total. The fourth-order valence-corrected chi connectivity index (χ4v) is 3.34. The highest BCUT2D eigenvalue weighted by molar-refractivity contribution is 5.77. The van der Waals surface area contributed by atoms with Gasteiger partial charge in [-0.3, -0.25) is 9.78 Å². The van der Waals surface area contributed by atoms with E-state index in [1.807, 2.05) is 29.2 Å². The number of aromatic nitrogens is 1. The van der Waals surface area contributed by atoms with E-state index in [0.29, 0.717) is 13.0 Å². The second-order valence-corrected chi connectivity index (χ2v) is 6.47. The van der Waals surface area contributed by atoms with E-state index in [4.69, 9.17) is 9.72 Å². The van der Waals surface area contributed by atoms with Crippen LogP contribution in [0.5, 0.6) is 0 Å². The molecule has 2 aromatic rings. The Hall–Kier alpha value is -2.27. The molecule has 0 bridgehead atoms. The van der Waals surface area contributed by atoms with Crippen LogP contribution in [-0.4, -0.2) is 42.6 Å². The summed E-state index contributed by atoms with van der Waals surface area (Å²) in [5.41, 5.74) is 2.83. The third kappa shape index (κ3) is 4.63. The first-order valence-corrected chi connectivity index (χ1v) is 8.62. The van der Waals surface area contributed by atoms with Crippen LogP contribution in [0.3, 0.4) is 0 Å². The highest BCUT2D eigenvalue weighted by atomic mass is 19.1. The zero-order chi connectivity index (χ0) is 17.6. The number of piperidine rings is 1. The van der Waals surface area contributed by atoms with Gasteiger partial charge in [-0.05, 0) is 42.7 Å². The molecule has 0 radical (unpaired) electrons. The molecule has 0 aliphatic carbocycles. The topological polar surface area (TPSA) is 42.4 Å². The molecule has 25 heavy (non-hydrogen) atoms. The number of nitrogens with zero attached hydrogens (tertiary/aromatic N) is 2. The van der Waals surface area contributed by atoms with Crippen LogP contribution in [0.1, 0.15) is 35.7 Å². The molecule has 1 aromatic heterocycles. The summed E-state index contributed by atoms with van der Waals surface area (Å²) in [6, 6.07) is 12.6. The van der Waals surface area contributed by atoms with Crippen LogP contribution in [0.4, 0.5) is 4.39 Å². The summed E-state index contributed by atoms with van der Waals surface area (Å²) in [6.07, 6.45) is 2.59. The monoisotopic (exact) mass is 342 g/mol. The van der Waals surface area contributed by atoms with Crippen LogP contribution in [0.15, 0.2) is 42.5 Å². The standard InChI is InChI=1S/C20H23FN2O2/c1-25-14-20(24)23-10-4-6-16(13-23)19-9-3-8-18(22-19)12-15-5-2-7-17(21)11-15/h2-3,5,7-9,11,16H,4,6,10,12-14H2,1H3/t16-/m1/s1. The third-order valence-corrected chi connectivity index (χ3v) is 4.56. The van der Waals surface area contributed by atoms with E-state index < -0.39 is 0 Å². The number of hydrogen-bond acceptors (Lipinski definition) is 3. The van der Waals surface area contributed by atoms with Crippen LogP contribution >= 0.6 is 0 Å². The van der Waals surface area contributed by atoms with Crippen molar-refractivity contribution < 1.29 is 13.9 Å². The largest absolute Gasteiger partial charge is 0.375 e. The summed E-state index contributed by atoms with van der Waals surface area (Å²) >= 11 is 0. The summed E-state index contributed by atoms with van der Waals surface area (Å²) in [4.78, 5) is 18.7. The molecule has 0 saturated carbocycles. The number of halogens is 1. The molecule has 0 N–H and O–H groups in total. The van der Waals surface area contributed by atoms with E-state index in [1.54, 1.807) is 12.1 Å². The summed E-state index contributed by atoms with van der Waals surface area (Å²) in [7, 11) is 1.54. The molecular weight excluding hydrogens is 319 g/mol. The molecule has 1 atom stereocenters. The Labute approximate surface area is 147 Å². The first-order chi connectivity index (χ1) is 12.2. The van der Waals surface area contributed by atoms with Gasteiger partial charge in [-0.15, -0.1) is 0 Å². The zero-order valence-corrected chi connectivity index (χ0v) is 14.5. The minimum atomic E-state index is -0.228. The number of carbonyl (C=O) groups excluding carboxylic acids is 1. The molecule has 1 fully saturated rings. The number of ether oxygens (including phenoxy) is 1. The van der Waals surface area contributed by atoms with Gasteiger partial charge in [0.2, 0.25) is 5.91 Å². The van der Waals surface area contributed by atoms with Gasteiger partial charge >= 0.3 is 0 Å². The first kappa shape index (κ1) is 17.5. The van der Waals surface area contributed by atoms with Gasteiger partial charge in [0.1, 0.15) is 12.4 Å². The molecular formula is C20H23FN2O2. The fourth-order valence-electron chi connectivity index (χ4n) is 3.34. The van der Waals surface area contributed by atoms with Crippen molar-refractivity contribution >= 4 is 5.91 Å². The molecule has 2 heterocycles. The Morgan fingerprint density at radius 1 is 1.32 bits per heavy atom. The van der Waals surface area contributed by atoms with Crippen molar-refractivity contribution in [2.24, 2.45) is 0 Å². The lowest BCUT2D eigenvalue weighted by Crippen LogP contribution is -2.41. The quantitative estimate of drug-likeness (QED) is 0.838. The Kier molecular flexibility index (Phi) is 5.76. The lowest BCUT2D eigenvalue weighted by Gasteiger charge is -2.32. The van der Waals surface area contributed by atoms with Gasteiger partial charge in [0.15, 0.2) is 0 Å². The summed E-state index contributed by atoms with van der Waals surface area (Å²) in [6.45, 7) is 1.58. The van der Waals surface area contributed by atoms with Crippen molar-refractivity contribution in [2.75, 3.05) is 26.8 Å². The molecule has 1 aliphatic rings. The van der Waals surface area contributed by atoms with Crippen LogP contribution in [0.2, 0.25) is 0 Å². The van der Waals surface area contributed by atoms with Gasteiger partial charge in [-0.25, -0.2) is 4.39 Å². The number of amides is 1. The van der Waals surface area contributed by atoms with Gasteiger partial charge < -0.3 is 9.64 Å².